The molecule has 0 aliphatic carbocycles. The first-order valence-corrected chi connectivity index (χ1v) is 6.75. The summed E-state index contributed by atoms with van der Waals surface area (Å²) in [6.07, 6.45) is -0.514. The predicted molar refractivity (Wildman–Crippen MR) is 71.9 cm³/mol. The molecule has 1 atom stereocenters. The number of hydrogen-bond donors (Lipinski definition) is 1. The molecule has 0 saturated carbocycles. The van der Waals surface area contributed by atoms with Crippen LogP contribution in [0.15, 0.2) is 17.5 Å². The van der Waals surface area contributed by atoms with Crippen LogP contribution in [0.2, 0.25) is 0 Å². The number of ether oxygens (including phenoxy) is 1. The normalized spacial score (nSPS) is 12.9. The van der Waals surface area contributed by atoms with Gasteiger partial charge >= 0.3 is 6.09 Å². The summed E-state index contributed by atoms with van der Waals surface area (Å²) >= 11 is 6.83. The Morgan fingerprint density at radius 3 is 2.61 bits per heavy atom. The lowest BCUT2D eigenvalue weighted by Crippen LogP contribution is -2.35. The summed E-state index contributed by atoms with van der Waals surface area (Å²) in [6, 6.07) is 3.25. The van der Waals surface area contributed by atoms with Crippen molar-refractivity contribution in [1.29, 1.82) is 0 Å². The highest BCUT2D eigenvalue weighted by molar-refractivity contribution is 7.10. The van der Waals surface area contributed by atoms with E-state index >= 15 is 0 Å². The fourth-order valence-electron chi connectivity index (χ4n) is 1.32. The largest absolute Gasteiger partial charge is 0.444 e. The van der Waals surface area contributed by atoms with Crippen molar-refractivity contribution < 1.29 is 14.3 Å². The molecular weight excluding hydrogens is 274 g/mol. The molecule has 0 saturated heterocycles. The van der Waals surface area contributed by atoms with Crippen molar-refractivity contribution in [3.8, 4) is 0 Å². The molecule has 0 aromatic carbocycles. The third-order valence-corrected chi connectivity index (χ3v) is 3.08. The number of thiophene rings is 1. The van der Waals surface area contributed by atoms with E-state index in [1.54, 1.807) is 20.8 Å². The van der Waals surface area contributed by atoms with Crippen molar-refractivity contribution in [1.82, 2.24) is 5.32 Å². The molecular formula is C12H16ClNO3S. The average molecular weight is 290 g/mol. The highest BCUT2D eigenvalue weighted by Gasteiger charge is 2.22. The Labute approximate surface area is 115 Å². The van der Waals surface area contributed by atoms with Crippen LogP contribution in [0.1, 0.15) is 38.1 Å². The third-order valence-electron chi connectivity index (χ3n) is 1.94. The van der Waals surface area contributed by atoms with E-state index in [-0.39, 0.29) is 6.42 Å². The Balaban J connectivity index is 2.68. The first-order valence-electron chi connectivity index (χ1n) is 5.49. The average Bonchev–Trinajstić information content (AvgIpc) is 2.64. The van der Waals surface area contributed by atoms with Gasteiger partial charge in [-0.2, -0.15) is 0 Å². The molecule has 1 aromatic rings. The fourth-order valence-corrected chi connectivity index (χ4v) is 2.25. The van der Waals surface area contributed by atoms with Gasteiger partial charge in [0.25, 0.3) is 0 Å². The molecule has 1 aromatic heterocycles. The summed E-state index contributed by atoms with van der Waals surface area (Å²) in [6.45, 7) is 5.33. The Morgan fingerprint density at radius 2 is 2.17 bits per heavy atom. The second-order valence-corrected chi connectivity index (χ2v) is 6.17. The Morgan fingerprint density at radius 1 is 1.50 bits per heavy atom. The standard InChI is InChI=1S/C12H16ClNO3S/c1-12(2,3)17-11(16)14-8(7-10(13)15)9-5-4-6-18-9/h4-6,8H,7H2,1-3H3,(H,14,16). The number of carbonyl (C=O) groups is 2. The van der Waals surface area contributed by atoms with Gasteiger partial charge in [-0.25, -0.2) is 4.79 Å². The molecule has 0 fully saturated rings. The van der Waals surface area contributed by atoms with Crippen LogP contribution >= 0.6 is 22.9 Å². The first-order chi connectivity index (χ1) is 8.28. The number of nitrogens with one attached hydrogen (secondary N) is 1. The summed E-state index contributed by atoms with van der Waals surface area (Å²) in [7, 11) is 0. The van der Waals surface area contributed by atoms with E-state index in [0.717, 1.165) is 4.88 Å². The molecule has 0 aliphatic heterocycles. The lowest BCUT2D eigenvalue weighted by Gasteiger charge is -2.22. The van der Waals surface area contributed by atoms with Gasteiger partial charge in [-0.15, -0.1) is 11.3 Å². The fraction of sp³-hybridized carbons (Fsp3) is 0.500. The maximum Gasteiger partial charge on any atom is 0.408 e. The molecule has 1 heterocycles. The summed E-state index contributed by atoms with van der Waals surface area (Å²) in [5.41, 5.74) is -0.574. The second kappa shape index (κ2) is 6.20. The molecule has 6 heteroatoms. The van der Waals surface area contributed by atoms with Gasteiger partial charge < -0.3 is 10.1 Å². The Kier molecular flexibility index (Phi) is 5.16. The smallest absolute Gasteiger partial charge is 0.408 e. The van der Waals surface area contributed by atoms with E-state index in [1.807, 2.05) is 17.5 Å². The third kappa shape index (κ3) is 5.51. The predicted octanol–water partition coefficient (Wildman–Crippen LogP) is 3.47. The van der Waals surface area contributed by atoms with Crippen molar-refractivity contribution in [2.24, 2.45) is 0 Å². The van der Waals surface area contributed by atoms with Crippen LogP contribution in [0.25, 0.3) is 0 Å². The molecule has 0 aliphatic rings. The highest BCUT2D eigenvalue weighted by Crippen LogP contribution is 2.23. The van der Waals surface area contributed by atoms with Crippen molar-refractivity contribution in [2.45, 2.75) is 38.8 Å². The maximum atomic E-state index is 11.7. The number of rotatable bonds is 4. The van der Waals surface area contributed by atoms with Gasteiger partial charge in [-0.1, -0.05) is 6.07 Å². The molecule has 100 valence electrons. The van der Waals surface area contributed by atoms with Gasteiger partial charge in [0.1, 0.15) is 5.60 Å². The van der Waals surface area contributed by atoms with Crippen molar-refractivity contribution in [3.63, 3.8) is 0 Å². The maximum absolute atomic E-state index is 11.7. The van der Waals surface area contributed by atoms with E-state index in [9.17, 15) is 9.59 Å². The van der Waals surface area contributed by atoms with Crippen molar-refractivity contribution in [2.75, 3.05) is 0 Å². The number of amides is 1. The number of halogens is 1. The number of alkyl carbamates (subject to hydrolysis) is 1. The quantitative estimate of drug-likeness (QED) is 0.864. The van der Waals surface area contributed by atoms with Crippen molar-refractivity contribution in [3.05, 3.63) is 22.4 Å². The van der Waals surface area contributed by atoms with Gasteiger partial charge in [0.15, 0.2) is 0 Å². The molecule has 0 spiro atoms. The Bertz CT molecular complexity index is 411. The first kappa shape index (κ1) is 15.0. The van der Waals surface area contributed by atoms with Gasteiger partial charge in [0, 0.05) is 11.3 Å². The lowest BCUT2D eigenvalue weighted by molar-refractivity contribution is -0.112. The van der Waals surface area contributed by atoms with Crippen LogP contribution in [-0.4, -0.2) is 16.9 Å². The summed E-state index contributed by atoms with van der Waals surface area (Å²) in [4.78, 5) is 23.5. The summed E-state index contributed by atoms with van der Waals surface area (Å²) in [5, 5.41) is 4.03. The van der Waals surface area contributed by atoms with Gasteiger partial charge in [-0.3, -0.25) is 4.79 Å². The number of hydrogen-bond acceptors (Lipinski definition) is 4. The lowest BCUT2D eigenvalue weighted by atomic mass is 10.2. The SMILES string of the molecule is CC(C)(C)OC(=O)NC(CC(=O)Cl)c1cccs1. The zero-order valence-corrected chi connectivity index (χ0v) is 12.1. The summed E-state index contributed by atoms with van der Waals surface area (Å²) < 4.78 is 5.15. The van der Waals surface area contributed by atoms with Crippen molar-refractivity contribution >= 4 is 34.3 Å². The van der Waals surface area contributed by atoms with E-state index in [4.69, 9.17) is 16.3 Å². The van der Waals surface area contributed by atoms with Crippen LogP contribution < -0.4 is 5.32 Å². The molecule has 1 N–H and O–H groups in total. The monoisotopic (exact) mass is 289 g/mol. The zero-order valence-electron chi connectivity index (χ0n) is 10.5. The molecule has 1 rings (SSSR count). The number of carbonyl (C=O) groups excluding carboxylic acids is 2. The molecule has 0 radical (unpaired) electrons. The van der Waals surface area contributed by atoms with Gasteiger partial charge in [0.2, 0.25) is 5.24 Å². The summed E-state index contributed by atoms with van der Waals surface area (Å²) in [5.74, 6) is 0. The molecule has 4 nitrogen and oxygen atoms in total. The van der Waals surface area contributed by atoms with Crippen LogP contribution in [0.3, 0.4) is 0 Å². The second-order valence-electron chi connectivity index (χ2n) is 4.77. The molecule has 1 amide bonds. The minimum absolute atomic E-state index is 0.0430. The van der Waals surface area contributed by atoms with E-state index < -0.39 is 23.0 Å². The molecule has 18 heavy (non-hydrogen) atoms. The van der Waals surface area contributed by atoms with E-state index in [2.05, 4.69) is 5.32 Å². The Hall–Kier alpha value is -1.07. The molecule has 1 unspecified atom stereocenters. The highest BCUT2D eigenvalue weighted by atomic mass is 35.5. The molecule has 0 bridgehead atoms. The van der Waals surface area contributed by atoms with Crippen LogP contribution in [0.4, 0.5) is 4.79 Å². The van der Waals surface area contributed by atoms with Crippen LogP contribution in [-0.2, 0) is 9.53 Å². The topological polar surface area (TPSA) is 55.4 Å². The van der Waals surface area contributed by atoms with Crippen LogP contribution in [0.5, 0.6) is 0 Å². The minimum atomic E-state index is -0.574. The van der Waals surface area contributed by atoms with E-state index in [1.165, 1.54) is 11.3 Å². The van der Waals surface area contributed by atoms with Gasteiger partial charge in [-0.05, 0) is 43.8 Å². The zero-order chi connectivity index (χ0) is 13.8. The van der Waals surface area contributed by atoms with E-state index in [0.29, 0.717) is 0 Å². The minimum Gasteiger partial charge on any atom is -0.444 e. The van der Waals surface area contributed by atoms with Crippen LogP contribution in [0, 0.1) is 0 Å². The van der Waals surface area contributed by atoms with Gasteiger partial charge in [0.05, 0.1) is 6.04 Å².